The zero-order valence-electron chi connectivity index (χ0n) is 8.12. The van der Waals surface area contributed by atoms with Gasteiger partial charge in [0.2, 0.25) is 0 Å². The highest BCUT2D eigenvalue weighted by atomic mass is 19.4. The Labute approximate surface area is 88.5 Å². The van der Waals surface area contributed by atoms with E-state index in [0.717, 1.165) is 0 Å². The second kappa shape index (κ2) is 3.93. The highest BCUT2D eigenvalue weighted by Crippen LogP contribution is 2.28. The Kier molecular flexibility index (Phi) is 3.13. The third kappa shape index (κ3) is 2.84. The summed E-state index contributed by atoms with van der Waals surface area (Å²) in [5.41, 5.74) is -1.76. The number of rotatable bonds is 2. The first kappa shape index (κ1) is 12.8. The molecule has 1 atom stereocenters. The molecule has 92 valence electrons. The summed E-state index contributed by atoms with van der Waals surface area (Å²) >= 11 is 0. The molecular weight excluding hydrogens is 231 g/mol. The Morgan fingerprint density at radius 3 is 2.38 bits per heavy atom. The molecule has 2 N–H and O–H groups in total. The van der Waals surface area contributed by atoms with E-state index in [4.69, 9.17) is 5.11 Å². The average Bonchev–Trinajstić information content (AvgIpc) is 2.43. The van der Waals surface area contributed by atoms with E-state index in [0.29, 0.717) is 4.90 Å². The largest absolute Gasteiger partial charge is 0.481 e. The molecule has 0 aromatic rings. The fourth-order valence-electron chi connectivity index (χ4n) is 1.63. The van der Waals surface area contributed by atoms with Crippen molar-refractivity contribution in [2.75, 3.05) is 13.1 Å². The van der Waals surface area contributed by atoms with Gasteiger partial charge >= 0.3 is 18.1 Å². The molecule has 0 aliphatic carbocycles. The second-order valence-corrected chi connectivity index (χ2v) is 3.77. The van der Waals surface area contributed by atoms with Crippen LogP contribution in [0.2, 0.25) is 0 Å². The first-order valence-corrected chi connectivity index (χ1v) is 4.44. The first-order valence-electron chi connectivity index (χ1n) is 4.44. The molecule has 0 aromatic carbocycles. The molecular formula is C8H10F3NO4. The molecule has 0 saturated carbocycles. The van der Waals surface area contributed by atoms with Gasteiger partial charge in [-0.3, -0.25) is 9.59 Å². The molecule has 1 aliphatic heterocycles. The van der Waals surface area contributed by atoms with Gasteiger partial charge in [0.05, 0.1) is 18.6 Å². The zero-order valence-corrected chi connectivity index (χ0v) is 8.12. The van der Waals surface area contributed by atoms with Crippen LogP contribution in [0.3, 0.4) is 0 Å². The Balaban J connectivity index is 2.65. The third-order valence-corrected chi connectivity index (χ3v) is 2.34. The molecule has 16 heavy (non-hydrogen) atoms. The van der Waals surface area contributed by atoms with Crippen LogP contribution in [0.15, 0.2) is 0 Å². The third-order valence-electron chi connectivity index (χ3n) is 2.34. The Morgan fingerprint density at radius 1 is 1.38 bits per heavy atom. The second-order valence-electron chi connectivity index (χ2n) is 3.77. The van der Waals surface area contributed by atoms with E-state index < -0.39 is 36.6 Å². The van der Waals surface area contributed by atoms with Gasteiger partial charge in [0.15, 0.2) is 0 Å². The van der Waals surface area contributed by atoms with Gasteiger partial charge in [-0.05, 0) is 6.42 Å². The number of aliphatic hydroxyl groups is 1. The van der Waals surface area contributed by atoms with Crippen molar-refractivity contribution >= 4 is 11.9 Å². The quantitative estimate of drug-likeness (QED) is 0.712. The van der Waals surface area contributed by atoms with Crippen LogP contribution >= 0.6 is 0 Å². The van der Waals surface area contributed by atoms with E-state index in [9.17, 15) is 27.9 Å². The summed E-state index contributed by atoms with van der Waals surface area (Å²) in [6, 6.07) is 0. The number of alkyl halides is 3. The number of carboxylic acid groups (broad SMARTS) is 1. The summed E-state index contributed by atoms with van der Waals surface area (Å²) in [5, 5.41) is 18.0. The van der Waals surface area contributed by atoms with Crippen LogP contribution in [0.25, 0.3) is 0 Å². The van der Waals surface area contributed by atoms with E-state index in [1.54, 1.807) is 0 Å². The molecule has 5 nitrogen and oxygen atoms in total. The van der Waals surface area contributed by atoms with Crippen LogP contribution in [0.4, 0.5) is 13.2 Å². The lowest BCUT2D eigenvalue weighted by Crippen LogP contribution is -2.43. The van der Waals surface area contributed by atoms with Crippen molar-refractivity contribution in [3.05, 3.63) is 0 Å². The number of nitrogens with zero attached hydrogens (tertiary/aromatic N) is 1. The lowest BCUT2D eigenvalue weighted by molar-refractivity contribution is -0.185. The summed E-state index contributed by atoms with van der Waals surface area (Å²) in [5.74, 6) is -3.36. The normalized spacial score (nSPS) is 25.9. The molecule has 1 fully saturated rings. The molecule has 8 heteroatoms. The number of carboxylic acids is 1. The van der Waals surface area contributed by atoms with Gasteiger partial charge in [-0.15, -0.1) is 0 Å². The molecule has 0 bridgehead atoms. The van der Waals surface area contributed by atoms with Crippen molar-refractivity contribution in [2.45, 2.75) is 24.6 Å². The van der Waals surface area contributed by atoms with E-state index >= 15 is 0 Å². The summed E-state index contributed by atoms with van der Waals surface area (Å²) in [4.78, 5) is 21.6. The molecule has 1 unspecified atom stereocenters. The van der Waals surface area contributed by atoms with E-state index in [1.165, 1.54) is 0 Å². The van der Waals surface area contributed by atoms with Gasteiger partial charge in [0.25, 0.3) is 0 Å². The molecule has 0 radical (unpaired) electrons. The van der Waals surface area contributed by atoms with Crippen LogP contribution in [-0.4, -0.2) is 51.9 Å². The predicted molar refractivity (Wildman–Crippen MR) is 44.5 cm³/mol. The predicted octanol–water partition coefficient (Wildman–Crippen LogP) is -0.0132. The molecule has 1 aliphatic rings. The number of hydrogen-bond acceptors (Lipinski definition) is 3. The Hall–Kier alpha value is -1.31. The van der Waals surface area contributed by atoms with Crippen LogP contribution in [0, 0.1) is 0 Å². The van der Waals surface area contributed by atoms with Gasteiger partial charge in [0, 0.05) is 6.54 Å². The number of aliphatic carboxylic acids is 1. The van der Waals surface area contributed by atoms with Crippen molar-refractivity contribution in [1.29, 1.82) is 0 Å². The topological polar surface area (TPSA) is 77.8 Å². The highest BCUT2D eigenvalue weighted by Gasteiger charge is 2.48. The fourth-order valence-corrected chi connectivity index (χ4v) is 1.63. The number of carbonyl (C=O) groups is 2. The summed E-state index contributed by atoms with van der Waals surface area (Å²) < 4.78 is 36.1. The summed E-state index contributed by atoms with van der Waals surface area (Å²) in [7, 11) is 0. The zero-order chi connectivity index (χ0) is 12.6. The average molecular weight is 241 g/mol. The van der Waals surface area contributed by atoms with Gasteiger partial charge in [0.1, 0.15) is 0 Å². The van der Waals surface area contributed by atoms with E-state index in [1.807, 2.05) is 0 Å². The molecule has 0 spiro atoms. The smallest absolute Gasteiger partial charge is 0.471 e. The van der Waals surface area contributed by atoms with Crippen molar-refractivity contribution in [2.24, 2.45) is 0 Å². The molecule has 1 saturated heterocycles. The Bertz CT molecular complexity index is 317. The van der Waals surface area contributed by atoms with Crippen LogP contribution in [0.5, 0.6) is 0 Å². The highest BCUT2D eigenvalue weighted by molar-refractivity contribution is 5.82. The van der Waals surface area contributed by atoms with Crippen molar-refractivity contribution < 1.29 is 33.0 Å². The van der Waals surface area contributed by atoms with Crippen molar-refractivity contribution in [3.63, 3.8) is 0 Å². The maximum Gasteiger partial charge on any atom is 0.471 e. The van der Waals surface area contributed by atoms with E-state index in [-0.39, 0.29) is 13.0 Å². The van der Waals surface area contributed by atoms with Crippen molar-refractivity contribution in [3.8, 4) is 0 Å². The van der Waals surface area contributed by atoms with Gasteiger partial charge in [-0.2, -0.15) is 13.2 Å². The molecule has 1 rings (SSSR count). The molecule has 0 aromatic heterocycles. The lowest BCUT2D eigenvalue weighted by Gasteiger charge is -2.22. The minimum absolute atomic E-state index is 0.166. The van der Waals surface area contributed by atoms with Gasteiger partial charge in [-0.1, -0.05) is 0 Å². The number of carbonyl (C=O) groups excluding carboxylic acids is 1. The molecule has 1 amide bonds. The number of β-amino-alcohol motifs (C(OH)–C–C–N with tert-alkyl or cyclic N) is 1. The first-order chi connectivity index (χ1) is 7.14. The standard InChI is InChI=1S/C8H10F3NO4/c9-8(10,11)6(15)12-2-1-7(16,4-12)3-5(13)14/h16H,1-4H2,(H,13,14). The maximum absolute atomic E-state index is 12.0. The van der Waals surface area contributed by atoms with Crippen molar-refractivity contribution in [1.82, 2.24) is 4.90 Å². The lowest BCUT2D eigenvalue weighted by atomic mass is 9.99. The van der Waals surface area contributed by atoms with Gasteiger partial charge in [-0.25, -0.2) is 0 Å². The summed E-state index contributed by atoms with van der Waals surface area (Å²) in [6.07, 6.45) is -5.83. The summed E-state index contributed by atoms with van der Waals surface area (Å²) in [6.45, 7) is -0.889. The SMILES string of the molecule is O=C(O)CC1(O)CCN(C(=O)C(F)(F)F)C1. The van der Waals surface area contributed by atoms with Crippen LogP contribution in [-0.2, 0) is 9.59 Å². The number of hydrogen-bond donors (Lipinski definition) is 2. The number of halogens is 3. The maximum atomic E-state index is 12.0. The molecule has 1 heterocycles. The fraction of sp³-hybridized carbons (Fsp3) is 0.750. The Morgan fingerprint density at radius 2 is 1.94 bits per heavy atom. The van der Waals surface area contributed by atoms with Gasteiger partial charge < -0.3 is 15.1 Å². The minimum Gasteiger partial charge on any atom is -0.481 e. The van der Waals surface area contributed by atoms with Crippen LogP contribution in [0.1, 0.15) is 12.8 Å². The minimum atomic E-state index is -4.99. The number of amides is 1. The number of likely N-dealkylation sites (tertiary alicyclic amines) is 1. The monoisotopic (exact) mass is 241 g/mol. The van der Waals surface area contributed by atoms with E-state index in [2.05, 4.69) is 0 Å². The van der Waals surface area contributed by atoms with Crippen LogP contribution < -0.4 is 0 Å².